The van der Waals surface area contributed by atoms with Crippen LogP contribution in [-0.4, -0.2) is 61.2 Å². The third-order valence-corrected chi connectivity index (χ3v) is 4.65. The molecular weight excluding hydrogens is 377 g/mol. The molecule has 1 aliphatic rings. The van der Waals surface area contributed by atoms with Crippen LogP contribution in [0.25, 0.3) is 11.3 Å². The molecule has 0 radical (unpaired) electrons. The van der Waals surface area contributed by atoms with Gasteiger partial charge in [-0.1, -0.05) is 42.5 Å². The van der Waals surface area contributed by atoms with Crippen molar-refractivity contribution in [1.29, 1.82) is 0 Å². The Morgan fingerprint density at radius 2 is 2.00 bits per heavy atom. The van der Waals surface area contributed by atoms with Gasteiger partial charge in [-0.25, -0.2) is 4.68 Å². The molecule has 0 bridgehead atoms. The number of benzene rings is 1. The molecule has 2 aromatic rings. The van der Waals surface area contributed by atoms with Crippen molar-refractivity contribution in [2.24, 2.45) is 5.92 Å². The van der Waals surface area contributed by atoms with Crippen LogP contribution >= 0.6 is 0 Å². The molecule has 144 valence electrons. The van der Waals surface area contributed by atoms with E-state index in [-0.39, 0.29) is 29.6 Å². The van der Waals surface area contributed by atoms with Gasteiger partial charge in [-0.15, -0.1) is 5.10 Å². The van der Waals surface area contributed by atoms with Crippen molar-refractivity contribution in [3.05, 3.63) is 48.4 Å². The van der Waals surface area contributed by atoms with Crippen LogP contribution in [0.3, 0.4) is 0 Å². The number of carbonyl (C=O) groups excluding carboxylic acids is 1. The van der Waals surface area contributed by atoms with E-state index in [2.05, 4.69) is 10.3 Å². The number of aliphatic hydroxyl groups excluding tert-OH is 3. The van der Waals surface area contributed by atoms with Crippen LogP contribution in [0.5, 0.6) is 0 Å². The van der Waals surface area contributed by atoms with Crippen molar-refractivity contribution >= 4 is 5.97 Å². The molecule has 0 saturated heterocycles. The first-order valence-corrected chi connectivity index (χ1v) is 8.46. The summed E-state index contributed by atoms with van der Waals surface area (Å²) < 4.78 is 6.78. The Bertz CT molecular complexity index is 828. The van der Waals surface area contributed by atoms with Gasteiger partial charge in [0.2, 0.25) is 0 Å². The Morgan fingerprint density at radius 1 is 1.32 bits per heavy atom. The summed E-state index contributed by atoms with van der Waals surface area (Å²) in [4.78, 5) is 11.3. The minimum atomic E-state index is -1.55. The Labute approximate surface area is 183 Å². The van der Waals surface area contributed by atoms with Gasteiger partial charge >= 0.3 is 29.6 Å². The number of ether oxygens (including phenoxy) is 1. The number of nitrogens with zero attached hydrogens (tertiary/aromatic N) is 3. The first kappa shape index (κ1) is 22.5. The number of carbonyl (C=O) groups is 1. The van der Waals surface area contributed by atoms with E-state index >= 15 is 0 Å². The van der Waals surface area contributed by atoms with Crippen LogP contribution in [0.2, 0.25) is 0 Å². The van der Waals surface area contributed by atoms with E-state index in [1.807, 2.05) is 30.3 Å². The van der Waals surface area contributed by atoms with Crippen LogP contribution in [0.4, 0.5) is 0 Å². The van der Waals surface area contributed by atoms with E-state index < -0.39 is 48.6 Å². The van der Waals surface area contributed by atoms with Gasteiger partial charge in [0.05, 0.1) is 18.8 Å². The summed E-state index contributed by atoms with van der Waals surface area (Å²) in [7, 11) is 0. The number of aliphatic hydroxyl groups is 3. The second-order valence-electron chi connectivity index (χ2n) is 6.44. The number of hydrogen-bond donors (Lipinski definition) is 3. The summed E-state index contributed by atoms with van der Waals surface area (Å²) in [5.41, 5.74) is 1.45. The Morgan fingerprint density at radius 3 is 2.61 bits per heavy atom. The summed E-state index contributed by atoms with van der Waals surface area (Å²) in [5, 5.41) is 48.6. The second-order valence-corrected chi connectivity index (χ2v) is 6.44. The topological polar surface area (TPSA) is 141 Å². The molecule has 0 saturated carbocycles. The van der Waals surface area contributed by atoms with Crippen LogP contribution in [0, 0.1) is 5.92 Å². The fourth-order valence-electron chi connectivity index (χ4n) is 3.10. The predicted octanol–water partition coefficient (Wildman–Crippen LogP) is -4.13. The molecule has 0 fully saturated rings. The molecule has 1 aromatic carbocycles. The fourth-order valence-corrected chi connectivity index (χ4v) is 3.10. The summed E-state index contributed by atoms with van der Waals surface area (Å²) in [6.45, 7) is 1.03. The number of allylic oxidation sites excluding steroid dienone is 1. The Kier molecular flexibility index (Phi) is 7.76. The van der Waals surface area contributed by atoms with Crippen molar-refractivity contribution in [1.82, 2.24) is 15.0 Å². The maximum Gasteiger partial charge on any atom is 1.00 e. The Balaban J connectivity index is 0.00000280. The monoisotopic (exact) mass is 397 g/mol. The van der Waals surface area contributed by atoms with Gasteiger partial charge in [-0.3, -0.25) is 0 Å². The molecular formula is C18H20N3NaO6. The number of aliphatic carboxylic acids is 1. The minimum absolute atomic E-state index is 0. The first-order chi connectivity index (χ1) is 12.9. The summed E-state index contributed by atoms with van der Waals surface area (Å²) in [5.74, 6) is -2.50. The summed E-state index contributed by atoms with van der Waals surface area (Å²) in [6.07, 6.45) is -1.06. The van der Waals surface area contributed by atoms with Gasteiger partial charge in [-0.2, -0.15) is 0 Å². The van der Waals surface area contributed by atoms with Gasteiger partial charge in [0.25, 0.3) is 0 Å². The van der Waals surface area contributed by atoms with Crippen LogP contribution in [0.1, 0.15) is 13.0 Å². The molecule has 2 heterocycles. The maximum absolute atomic E-state index is 11.3. The standard InChI is InChI=1S/C18H21N3O6.Na/c1-10-13(21-8-12(19-20-21)11-5-3-2-4-6-11)7-15(18(25)26)27-17(10)16(24)14(23)9-22;/h2-8,10,13-14,16-17,22-24H,9H2,1H3,(H,25,26);/q;+1/p-1/t10-,13+,14?,16-,17-;/m1./s1. The molecule has 1 aromatic heterocycles. The zero-order chi connectivity index (χ0) is 19.6. The predicted molar refractivity (Wildman–Crippen MR) is 90.7 cm³/mol. The van der Waals surface area contributed by atoms with Crippen molar-refractivity contribution in [3.63, 3.8) is 0 Å². The van der Waals surface area contributed by atoms with Crippen LogP contribution in [0.15, 0.2) is 48.4 Å². The zero-order valence-corrected chi connectivity index (χ0v) is 17.5. The molecule has 9 nitrogen and oxygen atoms in total. The van der Waals surface area contributed by atoms with E-state index in [0.717, 1.165) is 5.56 Å². The molecule has 0 spiro atoms. The Hall–Kier alpha value is -1.75. The number of carboxylic acid groups (broad SMARTS) is 1. The first-order valence-electron chi connectivity index (χ1n) is 8.46. The van der Waals surface area contributed by atoms with Crippen LogP contribution in [-0.2, 0) is 9.53 Å². The third kappa shape index (κ3) is 4.62. The molecule has 1 unspecified atom stereocenters. The normalized spacial score (nSPS) is 23.7. The largest absolute Gasteiger partial charge is 1.00 e. The zero-order valence-electron chi connectivity index (χ0n) is 15.5. The average Bonchev–Trinajstić information content (AvgIpc) is 3.17. The smallest absolute Gasteiger partial charge is 0.542 e. The number of rotatable bonds is 6. The average molecular weight is 397 g/mol. The summed E-state index contributed by atoms with van der Waals surface area (Å²) in [6, 6.07) is 8.73. The minimum Gasteiger partial charge on any atom is -0.542 e. The van der Waals surface area contributed by atoms with Crippen molar-refractivity contribution < 1.29 is 59.5 Å². The molecule has 0 amide bonds. The molecule has 28 heavy (non-hydrogen) atoms. The number of hydrogen-bond acceptors (Lipinski definition) is 8. The van der Waals surface area contributed by atoms with Gasteiger partial charge in [0.15, 0.2) is 0 Å². The number of aromatic nitrogens is 3. The van der Waals surface area contributed by atoms with E-state index in [4.69, 9.17) is 9.84 Å². The van der Waals surface area contributed by atoms with Gasteiger partial charge in [-0.05, 0) is 6.08 Å². The van der Waals surface area contributed by atoms with E-state index in [9.17, 15) is 20.1 Å². The van der Waals surface area contributed by atoms with Gasteiger partial charge < -0.3 is 30.0 Å². The van der Waals surface area contributed by atoms with Gasteiger partial charge in [0.1, 0.15) is 35.7 Å². The maximum atomic E-state index is 11.3. The second kappa shape index (κ2) is 9.64. The van der Waals surface area contributed by atoms with Crippen molar-refractivity contribution in [2.75, 3.05) is 6.61 Å². The van der Waals surface area contributed by atoms with Crippen LogP contribution < -0.4 is 34.7 Å². The van der Waals surface area contributed by atoms with Gasteiger partial charge in [0, 0.05) is 11.5 Å². The molecule has 5 atom stereocenters. The summed E-state index contributed by atoms with van der Waals surface area (Å²) >= 11 is 0. The SMILES string of the molecule is C[C@H]1[C@H]([C@H](O)C(O)CO)OC(C(=O)[O-])=C[C@@H]1n1cc(-c2ccccc2)nn1.[Na+]. The molecule has 0 aliphatic carbocycles. The van der Waals surface area contributed by atoms with E-state index in [1.54, 1.807) is 13.1 Å². The molecule has 3 rings (SSSR count). The van der Waals surface area contributed by atoms with E-state index in [0.29, 0.717) is 5.69 Å². The van der Waals surface area contributed by atoms with E-state index in [1.165, 1.54) is 10.8 Å². The molecule has 1 aliphatic heterocycles. The quantitative estimate of drug-likeness (QED) is 0.418. The van der Waals surface area contributed by atoms with Crippen molar-refractivity contribution in [3.8, 4) is 11.3 Å². The molecule has 3 N–H and O–H groups in total. The fraction of sp³-hybridized carbons (Fsp3) is 0.389. The third-order valence-electron chi connectivity index (χ3n) is 4.65. The van der Waals surface area contributed by atoms with Crippen molar-refractivity contribution in [2.45, 2.75) is 31.3 Å². The number of carboxylic acids is 1. The molecule has 10 heteroatoms.